The Kier molecular flexibility index (Phi) is 7.44. The molecule has 0 radical (unpaired) electrons. The van der Waals surface area contributed by atoms with Crippen LogP contribution in [-0.4, -0.2) is 45.6 Å². The Morgan fingerprint density at radius 1 is 1.15 bits per heavy atom. The number of amides is 1. The zero-order chi connectivity index (χ0) is 25.5. The number of rotatable bonds is 10. The summed E-state index contributed by atoms with van der Waals surface area (Å²) in [5.41, 5.74) is 8.04. The summed E-state index contributed by atoms with van der Waals surface area (Å²) in [6, 6.07) is 16.5. The largest absolute Gasteiger partial charge is 0.494 e. The molecule has 0 saturated heterocycles. The van der Waals surface area contributed by atoms with E-state index in [1.807, 2.05) is 30.3 Å². The minimum atomic E-state index is -1.74. The van der Waals surface area contributed by atoms with E-state index < -0.39 is 36.2 Å². The Balaban J connectivity index is 1.72. The number of nitrogen functional groups attached to an aromatic ring is 1. The molecule has 9 heteroatoms. The number of aryl methyl sites for hydroxylation is 1. The van der Waals surface area contributed by atoms with E-state index in [4.69, 9.17) is 17.3 Å². The minimum absolute atomic E-state index is 0.0692. The first kappa shape index (κ1) is 22.9. The molecular weight excluding hydrogens is 436 g/mol. The van der Waals surface area contributed by atoms with Crippen LogP contribution in [0.4, 0.5) is 0 Å². The maximum absolute atomic E-state index is 12.8. The first-order chi connectivity index (χ1) is 16.7. The predicted molar refractivity (Wildman–Crippen MR) is 127 cm³/mol. The SMILES string of the molecule is [2H]C(C(=O)N[C@@H](CCc1ccccc1)C(=O)OC)n1c(O)cc(Cc2ccc(C(=N)N)cc2)c1O. The summed E-state index contributed by atoms with van der Waals surface area (Å²) in [5, 5.41) is 30.9. The summed E-state index contributed by atoms with van der Waals surface area (Å²) < 4.78 is 13.9. The van der Waals surface area contributed by atoms with Crippen molar-refractivity contribution in [1.29, 1.82) is 5.41 Å². The minimum Gasteiger partial charge on any atom is -0.494 e. The monoisotopic (exact) mass is 465 g/mol. The Morgan fingerprint density at radius 2 is 1.82 bits per heavy atom. The lowest BCUT2D eigenvalue weighted by molar-refractivity contribution is -0.145. The van der Waals surface area contributed by atoms with Gasteiger partial charge in [0, 0.05) is 23.6 Å². The molecule has 1 unspecified atom stereocenters. The molecule has 0 saturated carbocycles. The standard InChI is InChI=1S/C25H28N4O5/c1-34-25(33)20(12-9-16-5-3-2-4-6-16)28-21(30)15-29-22(31)14-19(24(29)32)13-17-7-10-18(11-8-17)23(26)27/h2-8,10-11,14,20,31-32H,9,12-13,15H2,1H3,(H3,26,27)(H,28,30)/t20-/m0/s1/i15D/t15?,20-. The fourth-order valence-electron chi connectivity index (χ4n) is 3.51. The van der Waals surface area contributed by atoms with Gasteiger partial charge in [-0.3, -0.25) is 14.8 Å². The molecule has 34 heavy (non-hydrogen) atoms. The first-order valence-corrected chi connectivity index (χ1v) is 10.6. The van der Waals surface area contributed by atoms with E-state index in [0.717, 1.165) is 15.7 Å². The highest BCUT2D eigenvalue weighted by atomic mass is 16.5. The zero-order valence-electron chi connectivity index (χ0n) is 19.7. The summed E-state index contributed by atoms with van der Waals surface area (Å²) in [7, 11) is 1.21. The Bertz CT molecular complexity index is 1190. The van der Waals surface area contributed by atoms with Gasteiger partial charge < -0.3 is 26.0 Å². The highest BCUT2D eigenvalue weighted by Gasteiger charge is 2.23. The summed E-state index contributed by atoms with van der Waals surface area (Å²) in [4.78, 5) is 25.0. The molecule has 1 amide bonds. The van der Waals surface area contributed by atoms with Crippen molar-refractivity contribution in [2.75, 3.05) is 7.11 Å². The summed E-state index contributed by atoms with van der Waals surface area (Å²) in [5.74, 6) is -2.51. The highest BCUT2D eigenvalue weighted by molar-refractivity contribution is 5.94. The number of nitrogens with one attached hydrogen (secondary N) is 2. The van der Waals surface area contributed by atoms with Crippen LogP contribution in [0.2, 0.25) is 0 Å². The van der Waals surface area contributed by atoms with Crippen molar-refractivity contribution >= 4 is 17.7 Å². The third-order valence-corrected chi connectivity index (χ3v) is 5.34. The number of hydrogen-bond donors (Lipinski definition) is 5. The van der Waals surface area contributed by atoms with Gasteiger partial charge in [-0.05, 0) is 24.0 Å². The Hall–Kier alpha value is -4.27. The summed E-state index contributed by atoms with van der Waals surface area (Å²) >= 11 is 0. The molecule has 3 rings (SSSR count). The molecular formula is C25H28N4O5. The van der Waals surface area contributed by atoms with Gasteiger partial charge in [-0.1, -0.05) is 54.6 Å². The van der Waals surface area contributed by atoms with Crippen molar-refractivity contribution in [3.63, 3.8) is 0 Å². The van der Waals surface area contributed by atoms with Crippen LogP contribution in [0.3, 0.4) is 0 Å². The van der Waals surface area contributed by atoms with Crippen LogP contribution in [0.15, 0.2) is 60.7 Å². The van der Waals surface area contributed by atoms with Crippen LogP contribution >= 0.6 is 0 Å². The number of carbonyl (C=O) groups excluding carboxylic acids is 2. The van der Waals surface area contributed by atoms with Gasteiger partial charge in [-0.25, -0.2) is 4.79 Å². The third-order valence-electron chi connectivity index (χ3n) is 5.34. The molecule has 2 aromatic carbocycles. The van der Waals surface area contributed by atoms with Crippen LogP contribution in [-0.2, 0) is 33.7 Å². The van der Waals surface area contributed by atoms with Gasteiger partial charge in [-0.15, -0.1) is 0 Å². The number of amidine groups is 1. The van der Waals surface area contributed by atoms with Crippen molar-refractivity contribution < 1.29 is 25.9 Å². The third kappa shape index (κ3) is 6.16. The molecule has 0 fully saturated rings. The maximum atomic E-state index is 12.8. The average molecular weight is 466 g/mol. The number of carbonyl (C=O) groups is 2. The van der Waals surface area contributed by atoms with Gasteiger partial charge in [0.05, 0.1) is 8.48 Å². The predicted octanol–water partition coefficient (Wildman–Crippen LogP) is 2.06. The van der Waals surface area contributed by atoms with E-state index in [9.17, 15) is 19.8 Å². The number of nitrogens with zero attached hydrogens (tertiary/aromatic N) is 1. The van der Waals surface area contributed by atoms with Crippen molar-refractivity contribution in [2.24, 2.45) is 5.73 Å². The van der Waals surface area contributed by atoms with E-state index in [0.29, 0.717) is 17.5 Å². The smallest absolute Gasteiger partial charge is 0.328 e. The topological polar surface area (TPSA) is 151 Å². The normalized spacial score (nSPS) is 12.9. The van der Waals surface area contributed by atoms with Gasteiger partial charge in [0.25, 0.3) is 0 Å². The van der Waals surface area contributed by atoms with Crippen LogP contribution in [0.1, 0.15) is 30.0 Å². The van der Waals surface area contributed by atoms with E-state index in [1.165, 1.54) is 13.2 Å². The summed E-state index contributed by atoms with van der Waals surface area (Å²) in [6.45, 7) is -1.74. The van der Waals surface area contributed by atoms with E-state index in [-0.39, 0.29) is 18.7 Å². The Labute approximate surface area is 198 Å². The number of nitrogens with two attached hydrogens (primary N) is 1. The highest BCUT2D eigenvalue weighted by Crippen LogP contribution is 2.29. The molecule has 6 N–H and O–H groups in total. The van der Waals surface area contributed by atoms with Crippen LogP contribution < -0.4 is 11.1 Å². The lowest BCUT2D eigenvalue weighted by atomic mass is 10.0. The van der Waals surface area contributed by atoms with Crippen LogP contribution in [0.25, 0.3) is 0 Å². The number of benzene rings is 2. The number of aromatic nitrogens is 1. The number of aromatic hydroxyl groups is 2. The molecule has 0 spiro atoms. The van der Waals surface area contributed by atoms with Crippen LogP contribution in [0.5, 0.6) is 11.8 Å². The lowest BCUT2D eigenvalue weighted by Gasteiger charge is -2.17. The van der Waals surface area contributed by atoms with Crippen LogP contribution in [0, 0.1) is 5.41 Å². The van der Waals surface area contributed by atoms with Crippen molar-refractivity contribution in [2.45, 2.75) is 31.8 Å². The van der Waals surface area contributed by atoms with Crippen molar-refractivity contribution in [3.05, 3.63) is 82.9 Å². The fourth-order valence-corrected chi connectivity index (χ4v) is 3.51. The van der Waals surface area contributed by atoms with Gasteiger partial charge in [-0.2, -0.15) is 0 Å². The van der Waals surface area contributed by atoms with Gasteiger partial charge >= 0.3 is 5.97 Å². The van der Waals surface area contributed by atoms with Gasteiger partial charge in [0.2, 0.25) is 5.91 Å². The second kappa shape index (κ2) is 11.0. The van der Waals surface area contributed by atoms with E-state index in [1.54, 1.807) is 24.3 Å². The molecule has 2 atom stereocenters. The number of esters is 1. The molecule has 0 bridgehead atoms. The maximum Gasteiger partial charge on any atom is 0.328 e. The molecule has 9 nitrogen and oxygen atoms in total. The van der Waals surface area contributed by atoms with Crippen molar-refractivity contribution in [3.8, 4) is 11.8 Å². The average Bonchev–Trinajstić information content (AvgIpc) is 3.13. The fraction of sp³-hybridized carbons (Fsp3) is 0.240. The van der Waals surface area contributed by atoms with E-state index >= 15 is 0 Å². The zero-order valence-corrected chi connectivity index (χ0v) is 18.7. The summed E-state index contributed by atoms with van der Waals surface area (Å²) in [6.07, 6.45) is 0.956. The molecule has 0 aliphatic carbocycles. The molecule has 0 aliphatic rings. The lowest BCUT2D eigenvalue weighted by Crippen LogP contribution is -2.43. The number of hydrogen-bond acceptors (Lipinski definition) is 6. The van der Waals surface area contributed by atoms with Gasteiger partial charge in [0.15, 0.2) is 11.8 Å². The number of ether oxygens (including phenoxy) is 1. The number of methoxy groups -OCH3 is 1. The molecule has 1 aromatic heterocycles. The van der Waals surface area contributed by atoms with Gasteiger partial charge in [0.1, 0.15) is 18.4 Å². The molecule has 1 heterocycles. The molecule has 0 aliphatic heterocycles. The molecule has 3 aromatic rings. The molecule has 178 valence electrons. The second-order valence-electron chi connectivity index (χ2n) is 7.75. The second-order valence-corrected chi connectivity index (χ2v) is 7.75. The van der Waals surface area contributed by atoms with Crippen molar-refractivity contribution in [1.82, 2.24) is 9.88 Å². The first-order valence-electron chi connectivity index (χ1n) is 11.2. The quantitative estimate of drug-likeness (QED) is 0.176. The van der Waals surface area contributed by atoms with E-state index in [2.05, 4.69) is 5.32 Å². The Morgan fingerprint density at radius 3 is 2.44 bits per heavy atom.